The lowest BCUT2D eigenvalue weighted by atomic mass is 10.1. The number of nitrogens with zero attached hydrogens (tertiary/aromatic N) is 1. The highest BCUT2D eigenvalue weighted by Gasteiger charge is 2.17. The van der Waals surface area contributed by atoms with Gasteiger partial charge in [0.25, 0.3) is 0 Å². The minimum atomic E-state index is 0.901. The average molecular weight is 154 g/mol. The fraction of sp³-hybridized carbons (Fsp3) is 0.571. The first-order valence-corrected chi connectivity index (χ1v) is 4.04. The summed E-state index contributed by atoms with van der Waals surface area (Å²) in [5.41, 5.74) is 2.75. The van der Waals surface area contributed by atoms with Gasteiger partial charge in [-0.25, -0.2) is 0 Å². The molecule has 2 rings (SSSR count). The van der Waals surface area contributed by atoms with Gasteiger partial charge < -0.3 is 9.55 Å². The Labute approximate surface area is 64.9 Å². The summed E-state index contributed by atoms with van der Waals surface area (Å²) in [5.74, 6) is 0. The van der Waals surface area contributed by atoms with Crippen molar-refractivity contribution in [1.82, 2.24) is 9.55 Å². The molecule has 1 aliphatic rings. The fourth-order valence-corrected chi connectivity index (χ4v) is 1.76. The Bertz CT molecular complexity index is 308. The van der Waals surface area contributed by atoms with Gasteiger partial charge in [0.15, 0.2) is 4.77 Å². The van der Waals surface area contributed by atoms with E-state index < -0.39 is 0 Å². The molecule has 2 nitrogen and oxygen atoms in total. The molecule has 0 aliphatic carbocycles. The van der Waals surface area contributed by atoms with Gasteiger partial charge >= 0.3 is 0 Å². The number of hydrogen-bond acceptors (Lipinski definition) is 1. The molecule has 1 aromatic heterocycles. The first-order chi connectivity index (χ1) is 4.83. The molecule has 0 bridgehead atoms. The van der Waals surface area contributed by atoms with Gasteiger partial charge in [0, 0.05) is 24.4 Å². The summed E-state index contributed by atoms with van der Waals surface area (Å²) in [6.45, 7) is 3.27. The van der Waals surface area contributed by atoms with E-state index in [2.05, 4.69) is 16.5 Å². The Morgan fingerprint density at radius 3 is 2.80 bits per heavy atom. The average Bonchev–Trinajstić information content (AvgIpc) is 2.02. The molecule has 1 aliphatic heterocycles. The van der Waals surface area contributed by atoms with Gasteiger partial charge in [-0.2, -0.15) is 0 Å². The molecule has 0 saturated carbocycles. The molecule has 1 N–H and O–H groups in total. The van der Waals surface area contributed by atoms with E-state index in [9.17, 15) is 0 Å². The van der Waals surface area contributed by atoms with Crippen LogP contribution in [0.3, 0.4) is 0 Å². The molecule has 0 spiro atoms. The number of hydrogen-bond donors (Lipinski definition) is 1. The van der Waals surface area contributed by atoms with E-state index in [1.165, 1.54) is 17.8 Å². The van der Waals surface area contributed by atoms with E-state index in [0.717, 1.165) is 17.7 Å². The van der Waals surface area contributed by atoms with E-state index in [-0.39, 0.29) is 0 Å². The number of imidazole rings is 1. The Balaban J connectivity index is 2.63. The largest absolute Gasteiger partial charge is 0.334 e. The first-order valence-electron chi connectivity index (χ1n) is 3.63. The Kier molecular flexibility index (Phi) is 1.20. The molecule has 10 heavy (non-hydrogen) atoms. The molecular weight excluding hydrogens is 144 g/mol. The zero-order chi connectivity index (χ0) is 7.14. The van der Waals surface area contributed by atoms with Crippen LogP contribution in [0, 0.1) is 4.77 Å². The smallest absolute Gasteiger partial charge is 0.177 e. The summed E-state index contributed by atoms with van der Waals surface area (Å²) in [5, 5.41) is 0. The van der Waals surface area contributed by atoms with E-state index in [0.29, 0.717) is 0 Å². The van der Waals surface area contributed by atoms with Crippen LogP contribution in [0.25, 0.3) is 0 Å². The van der Waals surface area contributed by atoms with Crippen LogP contribution in [0.1, 0.15) is 18.3 Å². The second-order valence-corrected chi connectivity index (χ2v) is 3.00. The predicted octanol–water partition coefficient (Wildman–Crippen LogP) is 1.66. The lowest BCUT2D eigenvalue weighted by Gasteiger charge is -2.17. The third-order valence-electron chi connectivity index (χ3n) is 2.10. The molecule has 0 amide bonds. The topological polar surface area (TPSA) is 20.7 Å². The van der Waals surface area contributed by atoms with Gasteiger partial charge in [0.05, 0.1) is 0 Å². The molecule has 0 fully saturated rings. The lowest BCUT2D eigenvalue weighted by Crippen LogP contribution is -2.17. The second-order valence-electron chi connectivity index (χ2n) is 2.61. The highest BCUT2D eigenvalue weighted by Crippen LogP contribution is 2.19. The van der Waals surface area contributed by atoms with Crippen LogP contribution in [0.5, 0.6) is 0 Å². The molecule has 0 atom stereocenters. The number of aromatic nitrogens is 2. The van der Waals surface area contributed by atoms with E-state index in [1.54, 1.807) is 0 Å². The molecule has 0 saturated heterocycles. The van der Waals surface area contributed by atoms with E-state index in [1.807, 2.05) is 0 Å². The molecule has 0 radical (unpaired) electrons. The van der Waals surface area contributed by atoms with Gasteiger partial charge in [0.1, 0.15) is 0 Å². The van der Waals surface area contributed by atoms with Crippen molar-refractivity contribution in [2.24, 2.45) is 0 Å². The monoisotopic (exact) mass is 154 g/mol. The molecule has 54 valence electrons. The molecule has 3 heteroatoms. The summed E-state index contributed by atoms with van der Waals surface area (Å²) < 4.78 is 3.08. The third-order valence-corrected chi connectivity index (χ3v) is 2.43. The molecule has 1 aromatic rings. The quantitative estimate of drug-likeness (QED) is 0.610. The SMILES string of the molecule is CCc1[nH]c(=S)n2c1CC2. The molecule has 0 unspecified atom stereocenters. The number of rotatable bonds is 1. The van der Waals surface area contributed by atoms with Crippen LogP contribution < -0.4 is 0 Å². The van der Waals surface area contributed by atoms with Crippen LogP contribution in [0.4, 0.5) is 0 Å². The predicted molar refractivity (Wildman–Crippen MR) is 42.7 cm³/mol. The first kappa shape index (κ1) is 6.16. The van der Waals surface area contributed by atoms with Crippen LogP contribution in [0.2, 0.25) is 0 Å². The molecular formula is C7H10N2S. The van der Waals surface area contributed by atoms with Crippen LogP contribution in [-0.2, 0) is 19.4 Å². The van der Waals surface area contributed by atoms with Crippen molar-refractivity contribution >= 4 is 12.2 Å². The standard InChI is InChI=1S/C7H10N2S/c1-2-5-6-3-4-9(6)7(10)8-5/h2-4H2,1H3,(H,8,10). The highest BCUT2D eigenvalue weighted by atomic mass is 32.1. The van der Waals surface area contributed by atoms with Gasteiger partial charge in [-0.15, -0.1) is 0 Å². The zero-order valence-electron chi connectivity index (χ0n) is 5.98. The summed E-state index contributed by atoms with van der Waals surface area (Å²) in [7, 11) is 0. The summed E-state index contributed by atoms with van der Waals surface area (Å²) in [4.78, 5) is 3.20. The molecule has 0 aromatic carbocycles. The fourth-order valence-electron chi connectivity index (χ4n) is 1.43. The number of aryl methyl sites for hydroxylation is 1. The van der Waals surface area contributed by atoms with E-state index >= 15 is 0 Å². The van der Waals surface area contributed by atoms with Gasteiger partial charge in [-0.05, 0) is 18.6 Å². The zero-order valence-corrected chi connectivity index (χ0v) is 6.79. The Hall–Kier alpha value is -0.570. The van der Waals surface area contributed by atoms with Crippen molar-refractivity contribution < 1.29 is 0 Å². The van der Waals surface area contributed by atoms with Crippen molar-refractivity contribution in [2.75, 3.05) is 0 Å². The third kappa shape index (κ3) is 0.611. The van der Waals surface area contributed by atoms with Crippen molar-refractivity contribution in [3.63, 3.8) is 0 Å². The molecule has 2 heterocycles. The van der Waals surface area contributed by atoms with E-state index in [4.69, 9.17) is 12.2 Å². The Morgan fingerprint density at radius 1 is 1.70 bits per heavy atom. The van der Waals surface area contributed by atoms with Crippen LogP contribution in [0.15, 0.2) is 0 Å². The van der Waals surface area contributed by atoms with Crippen molar-refractivity contribution in [2.45, 2.75) is 26.3 Å². The lowest BCUT2D eigenvalue weighted by molar-refractivity contribution is 0.544. The van der Waals surface area contributed by atoms with Gasteiger partial charge in [-0.1, -0.05) is 6.92 Å². The summed E-state index contributed by atoms with van der Waals surface area (Å²) in [6, 6.07) is 0. The maximum atomic E-state index is 5.09. The number of H-pyrrole nitrogens is 1. The van der Waals surface area contributed by atoms with Crippen molar-refractivity contribution in [1.29, 1.82) is 0 Å². The highest BCUT2D eigenvalue weighted by molar-refractivity contribution is 7.71. The van der Waals surface area contributed by atoms with Crippen LogP contribution in [-0.4, -0.2) is 9.55 Å². The normalized spacial score (nSPS) is 14.5. The minimum absolute atomic E-state index is 0.901. The number of nitrogens with one attached hydrogen (secondary N) is 1. The van der Waals surface area contributed by atoms with Gasteiger partial charge in [-0.3, -0.25) is 0 Å². The Morgan fingerprint density at radius 2 is 2.50 bits per heavy atom. The number of aromatic amines is 1. The summed E-state index contributed by atoms with van der Waals surface area (Å²) in [6.07, 6.45) is 2.28. The van der Waals surface area contributed by atoms with Crippen LogP contribution >= 0.6 is 12.2 Å². The maximum absolute atomic E-state index is 5.09. The number of fused-ring (bicyclic) bond motifs is 1. The van der Waals surface area contributed by atoms with Crippen molar-refractivity contribution in [3.05, 3.63) is 16.2 Å². The second kappa shape index (κ2) is 1.95. The maximum Gasteiger partial charge on any atom is 0.177 e. The minimum Gasteiger partial charge on any atom is -0.334 e. The van der Waals surface area contributed by atoms with Crippen molar-refractivity contribution in [3.8, 4) is 0 Å². The van der Waals surface area contributed by atoms with Gasteiger partial charge in [0.2, 0.25) is 0 Å². The summed E-state index contributed by atoms with van der Waals surface area (Å²) >= 11 is 5.09.